The van der Waals surface area contributed by atoms with Crippen LogP contribution in [0.4, 0.5) is 5.82 Å². The van der Waals surface area contributed by atoms with Gasteiger partial charge in [0.2, 0.25) is 5.91 Å². The third kappa shape index (κ3) is 6.10. The van der Waals surface area contributed by atoms with E-state index >= 15 is 0 Å². The first kappa shape index (κ1) is 28.1. The molecule has 2 N–H and O–H groups in total. The Kier molecular flexibility index (Phi) is 10.2. The van der Waals surface area contributed by atoms with E-state index in [1.54, 1.807) is 6.33 Å². The van der Waals surface area contributed by atoms with Crippen molar-refractivity contribution >= 4 is 59.5 Å². The van der Waals surface area contributed by atoms with Crippen molar-refractivity contribution in [2.24, 2.45) is 0 Å². The van der Waals surface area contributed by atoms with E-state index in [-0.39, 0.29) is 42.6 Å². The Morgan fingerprint density at radius 1 is 1.24 bits per heavy atom. The highest BCUT2D eigenvalue weighted by atomic mass is 35.5. The molecule has 1 aliphatic carbocycles. The number of rotatable bonds is 6. The van der Waals surface area contributed by atoms with Gasteiger partial charge in [-0.25, -0.2) is 9.97 Å². The number of fused-ring (bicyclic) bond motifs is 1. The van der Waals surface area contributed by atoms with Gasteiger partial charge in [-0.3, -0.25) is 4.79 Å². The molecule has 0 radical (unpaired) electrons. The van der Waals surface area contributed by atoms with Gasteiger partial charge in [0, 0.05) is 49.2 Å². The highest BCUT2D eigenvalue weighted by Crippen LogP contribution is 2.42. The fraction of sp³-hybridized carbons (Fsp3) is 0.591. The minimum atomic E-state index is -0.513. The molecule has 184 valence electrons. The minimum absolute atomic E-state index is 0. The molecule has 4 rings (SSSR count). The van der Waals surface area contributed by atoms with E-state index in [1.165, 1.54) is 11.3 Å². The van der Waals surface area contributed by atoms with Crippen LogP contribution in [0.2, 0.25) is 4.34 Å². The quantitative estimate of drug-likeness (QED) is 0.581. The Hall–Kier alpha value is -1.16. The summed E-state index contributed by atoms with van der Waals surface area (Å²) in [6.45, 7) is 9.60. The molecule has 3 heterocycles. The molecule has 11 heteroatoms. The van der Waals surface area contributed by atoms with Gasteiger partial charge < -0.3 is 20.2 Å². The fourth-order valence-electron chi connectivity index (χ4n) is 4.49. The van der Waals surface area contributed by atoms with Crippen LogP contribution in [0, 0.1) is 0 Å². The summed E-state index contributed by atoms with van der Waals surface area (Å²) in [6.07, 6.45) is 1.72. The molecule has 2 aromatic rings. The number of aliphatic hydroxyl groups excluding tert-OH is 1. The summed E-state index contributed by atoms with van der Waals surface area (Å²) < 4.78 is 0.705. The third-order valence-corrected chi connectivity index (χ3v) is 7.48. The third-order valence-electron chi connectivity index (χ3n) is 6.14. The number of aliphatic hydroxyl groups is 1. The number of hydrogen-bond donors (Lipinski definition) is 2. The van der Waals surface area contributed by atoms with E-state index in [4.69, 9.17) is 11.6 Å². The van der Waals surface area contributed by atoms with Gasteiger partial charge in [0.15, 0.2) is 0 Å². The van der Waals surface area contributed by atoms with E-state index in [9.17, 15) is 9.90 Å². The summed E-state index contributed by atoms with van der Waals surface area (Å²) in [5, 5.41) is 13.7. The van der Waals surface area contributed by atoms with Gasteiger partial charge in [0.05, 0.1) is 22.1 Å². The van der Waals surface area contributed by atoms with Crippen LogP contribution in [0.25, 0.3) is 0 Å². The Labute approximate surface area is 216 Å². The maximum atomic E-state index is 13.4. The van der Waals surface area contributed by atoms with Crippen LogP contribution in [-0.4, -0.2) is 64.6 Å². The lowest BCUT2D eigenvalue weighted by Crippen LogP contribution is -2.51. The van der Waals surface area contributed by atoms with Crippen LogP contribution in [0.5, 0.6) is 0 Å². The lowest BCUT2D eigenvalue weighted by Gasteiger charge is -2.38. The monoisotopic (exact) mass is 535 g/mol. The predicted octanol–water partition coefficient (Wildman–Crippen LogP) is 4.01. The second-order valence-corrected chi connectivity index (χ2v) is 10.5. The highest BCUT2D eigenvalue weighted by molar-refractivity contribution is 7.16. The van der Waals surface area contributed by atoms with Gasteiger partial charge in [-0.05, 0) is 24.5 Å². The average Bonchev–Trinajstić information content (AvgIpc) is 3.31. The van der Waals surface area contributed by atoms with Gasteiger partial charge in [-0.15, -0.1) is 36.2 Å². The molecule has 1 unspecified atom stereocenters. The summed E-state index contributed by atoms with van der Waals surface area (Å²) >= 11 is 7.63. The van der Waals surface area contributed by atoms with E-state index < -0.39 is 6.10 Å². The van der Waals surface area contributed by atoms with Gasteiger partial charge in [-0.2, -0.15) is 0 Å². The molecule has 0 spiro atoms. The smallest absolute Gasteiger partial charge is 0.232 e. The first-order valence-electron chi connectivity index (χ1n) is 10.9. The normalized spacial score (nSPS) is 20.8. The first-order chi connectivity index (χ1) is 14.8. The van der Waals surface area contributed by atoms with Crippen LogP contribution in [0.1, 0.15) is 61.3 Å². The molecule has 1 aliphatic heterocycles. The Morgan fingerprint density at radius 3 is 2.55 bits per heavy atom. The molecular weight excluding hydrogens is 505 g/mol. The van der Waals surface area contributed by atoms with Crippen LogP contribution >= 0.6 is 47.8 Å². The van der Waals surface area contributed by atoms with Crippen molar-refractivity contribution in [1.29, 1.82) is 0 Å². The molecule has 3 atom stereocenters. The zero-order chi connectivity index (χ0) is 22.1. The number of carbonyl (C=O) groups excluding carboxylic acids is 1. The van der Waals surface area contributed by atoms with Crippen molar-refractivity contribution in [3.8, 4) is 0 Å². The molecule has 1 fully saturated rings. The van der Waals surface area contributed by atoms with Crippen LogP contribution in [-0.2, 0) is 4.79 Å². The fourth-order valence-corrected chi connectivity index (χ4v) is 5.65. The minimum Gasteiger partial charge on any atom is -0.387 e. The van der Waals surface area contributed by atoms with E-state index in [0.29, 0.717) is 49.5 Å². The molecule has 1 amide bonds. The lowest BCUT2D eigenvalue weighted by molar-refractivity contribution is -0.133. The lowest BCUT2D eigenvalue weighted by atomic mass is 10.0. The van der Waals surface area contributed by atoms with Crippen molar-refractivity contribution in [3.05, 3.63) is 38.9 Å². The zero-order valence-electron chi connectivity index (χ0n) is 19.0. The molecule has 0 saturated carbocycles. The van der Waals surface area contributed by atoms with Crippen molar-refractivity contribution in [2.45, 2.75) is 51.2 Å². The Bertz CT molecular complexity index is 937. The van der Waals surface area contributed by atoms with Crippen molar-refractivity contribution in [2.75, 3.05) is 37.6 Å². The zero-order valence-corrected chi connectivity index (χ0v) is 22.2. The van der Waals surface area contributed by atoms with E-state index in [1.807, 2.05) is 17.0 Å². The largest absolute Gasteiger partial charge is 0.387 e. The van der Waals surface area contributed by atoms with E-state index in [0.717, 1.165) is 22.0 Å². The molecule has 7 nitrogen and oxygen atoms in total. The standard InChI is InChI=1S/C22H30ClN5O2S.2ClH/c1-13(2)24-11-15(17-4-5-18(23)31-17)22(30)28-8-6-27(7-9-28)21-19-14(3)10-16(29)20(19)25-12-26-21;;/h4-5,12-16,24,29H,6-11H2,1-3H3;2*1H/t14-,15?,16-;;/m1../s1. The first-order valence-corrected chi connectivity index (χ1v) is 12.1. The summed E-state index contributed by atoms with van der Waals surface area (Å²) in [4.78, 5) is 27.5. The van der Waals surface area contributed by atoms with Gasteiger partial charge in [0.25, 0.3) is 0 Å². The average molecular weight is 537 g/mol. The number of halogens is 3. The number of carbonyl (C=O) groups is 1. The molecule has 2 aromatic heterocycles. The molecule has 33 heavy (non-hydrogen) atoms. The molecule has 2 aliphatic rings. The number of hydrogen-bond acceptors (Lipinski definition) is 7. The number of piperazine rings is 1. The SMILES string of the molecule is CC(C)NCC(C(=O)N1CCN(c2ncnc3c2[C@H](C)C[C@H]3O)CC1)c1ccc(Cl)s1.Cl.Cl. The summed E-state index contributed by atoms with van der Waals surface area (Å²) in [6, 6.07) is 4.13. The summed E-state index contributed by atoms with van der Waals surface area (Å²) in [7, 11) is 0. The molecular formula is C22H32Cl3N5O2S. The maximum absolute atomic E-state index is 13.4. The number of anilines is 1. The van der Waals surface area contributed by atoms with Crippen LogP contribution in [0.3, 0.4) is 0 Å². The van der Waals surface area contributed by atoms with Gasteiger partial charge >= 0.3 is 0 Å². The molecule has 0 bridgehead atoms. The second-order valence-electron chi connectivity index (χ2n) is 8.72. The molecule has 0 aromatic carbocycles. The maximum Gasteiger partial charge on any atom is 0.232 e. The number of nitrogens with one attached hydrogen (secondary N) is 1. The number of amides is 1. The number of aromatic nitrogens is 2. The number of thiophene rings is 1. The summed E-state index contributed by atoms with van der Waals surface area (Å²) in [5.41, 5.74) is 1.81. The second kappa shape index (κ2) is 12.0. The Balaban J connectivity index is 0.00000193. The van der Waals surface area contributed by atoms with Gasteiger partial charge in [0.1, 0.15) is 12.1 Å². The Morgan fingerprint density at radius 2 is 1.94 bits per heavy atom. The number of nitrogens with zero attached hydrogens (tertiary/aromatic N) is 4. The topological polar surface area (TPSA) is 81.6 Å². The van der Waals surface area contributed by atoms with Crippen molar-refractivity contribution in [1.82, 2.24) is 20.2 Å². The van der Waals surface area contributed by atoms with Gasteiger partial charge in [-0.1, -0.05) is 32.4 Å². The van der Waals surface area contributed by atoms with Crippen molar-refractivity contribution < 1.29 is 9.90 Å². The van der Waals surface area contributed by atoms with Crippen LogP contribution in [0.15, 0.2) is 18.5 Å². The summed E-state index contributed by atoms with van der Waals surface area (Å²) in [5.74, 6) is 1.05. The van der Waals surface area contributed by atoms with Crippen molar-refractivity contribution in [3.63, 3.8) is 0 Å². The van der Waals surface area contributed by atoms with E-state index in [2.05, 4.69) is 41.0 Å². The predicted molar refractivity (Wildman–Crippen MR) is 139 cm³/mol. The van der Waals surface area contributed by atoms with Crippen LogP contribution < -0.4 is 10.2 Å². The molecule has 1 saturated heterocycles. The highest BCUT2D eigenvalue weighted by Gasteiger charge is 2.35.